The topological polar surface area (TPSA) is 59.2 Å². The van der Waals surface area contributed by atoms with Crippen molar-refractivity contribution in [1.29, 1.82) is 0 Å². The van der Waals surface area contributed by atoms with Crippen molar-refractivity contribution in [1.82, 2.24) is 10.2 Å². The molecule has 112 valence electrons. The first-order valence-electron chi connectivity index (χ1n) is 7.02. The fourth-order valence-electron chi connectivity index (χ4n) is 2.44. The van der Waals surface area contributed by atoms with Gasteiger partial charge in [-0.3, -0.25) is 0 Å². The van der Waals surface area contributed by atoms with Crippen molar-refractivity contribution in [2.75, 3.05) is 0 Å². The van der Waals surface area contributed by atoms with E-state index in [4.69, 9.17) is 4.42 Å². The van der Waals surface area contributed by atoms with Crippen LogP contribution in [0.4, 0.5) is 0 Å². The van der Waals surface area contributed by atoms with Gasteiger partial charge in [-0.15, -0.1) is 10.2 Å². The van der Waals surface area contributed by atoms with E-state index in [0.717, 1.165) is 20.8 Å². The van der Waals surface area contributed by atoms with Crippen molar-refractivity contribution in [2.45, 2.75) is 0 Å². The molecule has 0 atom stereocenters. The van der Waals surface area contributed by atoms with E-state index < -0.39 is 0 Å². The number of aromatic hydroxyl groups is 1. The van der Waals surface area contributed by atoms with Crippen LogP contribution in [0.25, 0.3) is 33.7 Å². The molecule has 0 aliphatic carbocycles. The van der Waals surface area contributed by atoms with Gasteiger partial charge in [0.05, 0.1) is 5.56 Å². The Morgan fingerprint density at radius 2 is 1.48 bits per heavy atom. The number of phenolic OH excluding ortho intramolecular Hbond substituents is 1. The molecule has 23 heavy (non-hydrogen) atoms. The number of aromatic nitrogens is 2. The zero-order valence-corrected chi connectivity index (χ0v) is 13.5. The van der Waals surface area contributed by atoms with E-state index in [1.807, 2.05) is 54.6 Å². The molecular weight excluding hydrogens is 356 g/mol. The predicted molar refractivity (Wildman–Crippen MR) is 92.0 cm³/mol. The summed E-state index contributed by atoms with van der Waals surface area (Å²) in [6, 6.07) is 19.0. The van der Waals surface area contributed by atoms with Gasteiger partial charge in [0.2, 0.25) is 5.89 Å². The maximum absolute atomic E-state index is 10.2. The number of rotatable bonds is 2. The number of fused-ring (bicyclic) bond motifs is 1. The van der Waals surface area contributed by atoms with Crippen molar-refractivity contribution in [3.63, 3.8) is 0 Å². The second-order valence-corrected chi connectivity index (χ2v) is 6.05. The first-order chi connectivity index (χ1) is 11.2. The van der Waals surface area contributed by atoms with Gasteiger partial charge in [-0.25, -0.2) is 0 Å². The standard InChI is InChI=1S/C18H11BrN2O2/c19-14-7-5-11(6-8-14)17-20-21-18(23-17)15-9-12-3-1-2-4-13(12)10-16(15)22/h1-10,22H. The molecule has 0 radical (unpaired) electrons. The molecule has 0 fully saturated rings. The Kier molecular flexibility index (Phi) is 3.35. The fraction of sp³-hybridized carbons (Fsp3) is 0. The van der Waals surface area contributed by atoms with Crippen LogP contribution in [0.5, 0.6) is 5.75 Å². The van der Waals surface area contributed by atoms with Gasteiger partial charge in [0.25, 0.3) is 5.89 Å². The highest BCUT2D eigenvalue weighted by molar-refractivity contribution is 9.10. The molecule has 0 saturated carbocycles. The van der Waals surface area contributed by atoms with Crippen LogP contribution in [0.1, 0.15) is 0 Å². The third kappa shape index (κ3) is 2.59. The number of phenols is 1. The van der Waals surface area contributed by atoms with Crippen molar-refractivity contribution in [3.05, 3.63) is 65.1 Å². The molecule has 4 nitrogen and oxygen atoms in total. The minimum Gasteiger partial charge on any atom is -0.507 e. The Balaban J connectivity index is 1.79. The molecule has 0 aliphatic rings. The maximum atomic E-state index is 10.2. The van der Waals surface area contributed by atoms with Crippen molar-refractivity contribution >= 4 is 26.7 Å². The largest absolute Gasteiger partial charge is 0.507 e. The van der Waals surface area contributed by atoms with Crippen molar-refractivity contribution in [2.24, 2.45) is 0 Å². The molecule has 0 bridgehead atoms. The van der Waals surface area contributed by atoms with Crippen LogP contribution in [0.3, 0.4) is 0 Å². The van der Waals surface area contributed by atoms with Crippen LogP contribution in [-0.4, -0.2) is 15.3 Å². The lowest BCUT2D eigenvalue weighted by Crippen LogP contribution is -1.81. The third-order valence-electron chi connectivity index (χ3n) is 3.61. The molecule has 0 aliphatic heterocycles. The SMILES string of the molecule is Oc1cc2ccccc2cc1-c1nnc(-c2ccc(Br)cc2)o1. The molecule has 3 aromatic carbocycles. The van der Waals surface area contributed by atoms with Crippen molar-refractivity contribution in [3.8, 4) is 28.7 Å². The highest BCUT2D eigenvalue weighted by atomic mass is 79.9. The van der Waals surface area contributed by atoms with E-state index in [2.05, 4.69) is 26.1 Å². The highest BCUT2D eigenvalue weighted by Crippen LogP contribution is 2.34. The molecule has 0 amide bonds. The third-order valence-corrected chi connectivity index (χ3v) is 4.14. The summed E-state index contributed by atoms with van der Waals surface area (Å²) in [5.41, 5.74) is 1.35. The molecule has 4 rings (SSSR count). The van der Waals surface area contributed by atoms with Gasteiger partial charge in [0.15, 0.2) is 0 Å². The zero-order valence-electron chi connectivity index (χ0n) is 11.9. The van der Waals surface area contributed by atoms with Gasteiger partial charge >= 0.3 is 0 Å². The molecule has 5 heteroatoms. The van der Waals surface area contributed by atoms with Crippen LogP contribution in [0.15, 0.2) is 69.6 Å². The maximum Gasteiger partial charge on any atom is 0.251 e. The average Bonchev–Trinajstić information content (AvgIpc) is 3.04. The summed E-state index contributed by atoms with van der Waals surface area (Å²) in [4.78, 5) is 0. The monoisotopic (exact) mass is 366 g/mol. The Morgan fingerprint density at radius 3 is 2.22 bits per heavy atom. The fourth-order valence-corrected chi connectivity index (χ4v) is 2.71. The lowest BCUT2D eigenvalue weighted by atomic mass is 10.1. The number of nitrogens with zero attached hydrogens (tertiary/aromatic N) is 2. The van der Waals surface area contributed by atoms with Crippen LogP contribution in [-0.2, 0) is 0 Å². The minimum atomic E-state index is 0.120. The van der Waals surface area contributed by atoms with E-state index in [9.17, 15) is 5.11 Å². The second kappa shape index (κ2) is 5.52. The van der Waals surface area contributed by atoms with Gasteiger partial charge in [-0.1, -0.05) is 40.2 Å². The van der Waals surface area contributed by atoms with Gasteiger partial charge < -0.3 is 9.52 Å². The molecule has 4 aromatic rings. The van der Waals surface area contributed by atoms with E-state index in [1.165, 1.54) is 0 Å². The van der Waals surface area contributed by atoms with Crippen LogP contribution in [0.2, 0.25) is 0 Å². The Labute approximate surface area is 140 Å². The number of halogens is 1. The lowest BCUT2D eigenvalue weighted by Gasteiger charge is -2.03. The predicted octanol–water partition coefficient (Wildman–Crippen LogP) is 5.02. The van der Waals surface area contributed by atoms with E-state index in [-0.39, 0.29) is 5.75 Å². The summed E-state index contributed by atoms with van der Waals surface area (Å²) in [5, 5.41) is 20.3. The van der Waals surface area contributed by atoms with E-state index in [0.29, 0.717) is 17.3 Å². The van der Waals surface area contributed by atoms with Crippen LogP contribution < -0.4 is 0 Å². The Hall–Kier alpha value is -2.66. The van der Waals surface area contributed by atoms with Gasteiger partial charge in [-0.05, 0) is 47.2 Å². The zero-order chi connectivity index (χ0) is 15.8. The number of benzene rings is 3. The molecule has 0 saturated heterocycles. The molecule has 0 spiro atoms. The average molecular weight is 367 g/mol. The second-order valence-electron chi connectivity index (χ2n) is 5.14. The summed E-state index contributed by atoms with van der Waals surface area (Å²) in [6.45, 7) is 0. The molecule has 1 heterocycles. The first-order valence-corrected chi connectivity index (χ1v) is 7.81. The Bertz CT molecular complexity index is 994. The first kappa shape index (κ1) is 14.0. The summed E-state index contributed by atoms with van der Waals surface area (Å²) in [5.74, 6) is 0.834. The summed E-state index contributed by atoms with van der Waals surface area (Å²) in [6.07, 6.45) is 0. The van der Waals surface area contributed by atoms with E-state index in [1.54, 1.807) is 6.07 Å². The van der Waals surface area contributed by atoms with Crippen LogP contribution in [0, 0.1) is 0 Å². The quantitative estimate of drug-likeness (QED) is 0.540. The highest BCUT2D eigenvalue weighted by Gasteiger charge is 2.14. The lowest BCUT2D eigenvalue weighted by molar-refractivity contribution is 0.474. The van der Waals surface area contributed by atoms with Crippen molar-refractivity contribution < 1.29 is 9.52 Å². The summed E-state index contributed by atoms with van der Waals surface area (Å²) < 4.78 is 6.71. The van der Waals surface area contributed by atoms with Gasteiger partial charge in [0, 0.05) is 10.0 Å². The molecular formula is C18H11BrN2O2. The molecule has 1 N–H and O–H groups in total. The van der Waals surface area contributed by atoms with Gasteiger partial charge in [0.1, 0.15) is 5.75 Å². The van der Waals surface area contributed by atoms with E-state index >= 15 is 0 Å². The summed E-state index contributed by atoms with van der Waals surface area (Å²) in [7, 11) is 0. The smallest absolute Gasteiger partial charge is 0.251 e. The van der Waals surface area contributed by atoms with Gasteiger partial charge in [-0.2, -0.15) is 0 Å². The number of hydrogen-bond donors (Lipinski definition) is 1. The number of hydrogen-bond acceptors (Lipinski definition) is 4. The normalized spacial score (nSPS) is 11.0. The molecule has 0 unspecified atom stereocenters. The minimum absolute atomic E-state index is 0.120. The molecule has 1 aromatic heterocycles. The summed E-state index contributed by atoms with van der Waals surface area (Å²) >= 11 is 3.39. The Morgan fingerprint density at radius 1 is 0.826 bits per heavy atom. The van der Waals surface area contributed by atoms with Crippen LogP contribution >= 0.6 is 15.9 Å².